The summed E-state index contributed by atoms with van der Waals surface area (Å²) in [5.41, 5.74) is 1.19. The molecule has 1 unspecified atom stereocenters. The maximum absolute atomic E-state index is 12.8. The van der Waals surface area contributed by atoms with Crippen LogP contribution in [0, 0.1) is 11.8 Å². The van der Waals surface area contributed by atoms with Crippen molar-refractivity contribution in [2.45, 2.75) is 51.0 Å². The number of nitrogens with one attached hydrogen (secondary N) is 2. The molecule has 2 N–H and O–H groups in total. The molecule has 0 bridgehead atoms. The van der Waals surface area contributed by atoms with Gasteiger partial charge in [-0.2, -0.15) is 0 Å². The molecule has 1 saturated heterocycles. The molecular weight excluding hydrogens is 356 g/mol. The van der Waals surface area contributed by atoms with Gasteiger partial charge in [-0.15, -0.1) is 0 Å². The molecule has 1 aliphatic carbocycles. The Hall–Kier alpha value is -1.92. The van der Waals surface area contributed by atoms with Gasteiger partial charge in [0, 0.05) is 25.8 Å². The van der Waals surface area contributed by atoms with Gasteiger partial charge in [0.05, 0.1) is 18.2 Å². The molecule has 6 nitrogen and oxygen atoms in total. The van der Waals surface area contributed by atoms with Crippen LogP contribution in [0.25, 0.3) is 0 Å². The molecule has 1 heterocycles. The van der Waals surface area contributed by atoms with Gasteiger partial charge >= 0.3 is 5.97 Å². The van der Waals surface area contributed by atoms with Crippen molar-refractivity contribution in [3.63, 3.8) is 0 Å². The van der Waals surface area contributed by atoms with Crippen LogP contribution in [0.4, 0.5) is 5.69 Å². The Bertz CT molecular complexity index is 640. The summed E-state index contributed by atoms with van der Waals surface area (Å²) < 4.78 is 10.1. The second-order valence-electron chi connectivity index (χ2n) is 7.83. The Balaban J connectivity index is 1.51. The number of benzene rings is 1. The quantitative estimate of drug-likeness (QED) is 0.527. The summed E-state index contributed by atoms with van der Waals surface area (Å²) in [7, 11) is 1.62. The van der Waals surface area contributed by atoms with Crippen molar-refractivity contribution in [3.05, 3.63) is 29.8 Å². The first-order valence-corrected chi connectivity index (χ1v) is 10.5. The zero-order chi connectivity index (χ0) is 19.8. The Labute approximate surface area is 167 Å². The van der Waals surface area contributed by atoms with Crippen molar-refractivity contribution in [1.29, 1.82) is 0 Å². The molecule has 1 aliphatic heterocycles. The maximum atomic E-state index is 12.8. The van der Waals surface area contributed by atoms with E-state index >= 15 is 0 Å². The largest absolute Gasteiger partial charge is 0.462 e. The SMILES string of the molecule is COCCCOC(=O)c1ccc(NC(=O)C2NCC[C@H]2C2CCCCC2)cc1. The molecular formula is C22H32N2O4. The van der Waals surface area contributed by atoms with E-state index in [1.165, 1.54) is 32.1 Å². The third kappa shape index (κ3) is 5.55. The fourth-order valence-electron chi connectivity index (χ4n) is 4.44. The Morgan fingerprint density at radius 3 is 2.54 bits per heavy atom. The van der Waals surface area contributed by atoms with Gasteiger partial charge in [0.1, 0.15) is 0 Å². The minimum atomic E-state index is -0.358. The minimum Gasteiger partial charge on any atom is -0.462 e. The van der Waals surface area contributed by atoms with Crippen molar-refractivity contribution < 1.29 is 19.1 Å². The van der Waals surface area contributed by atoms with Crippen LogP contribution in [0.1, 0.15) is 55.3 Å². The molecule has 0 spiro atoms. The van der Waals surface area contributed by atoms with Gasteiger partial charge in [-0.3, -0.25) is 4.79 Å². The van der Waals surface area contributed by atoms with Crippen LogP contribution in [0.5, 0.6) is 0 Å². The second-order valence-corrected chi connectivity index (χ2v) is 7.83. The molecule has 1 aromatic rings. The zero-order valence-corrected chi connectivity index (χ0v) is 16.7. The number of hydrogen-bond acceptors (Lipinski definition) is 5. The number of amides is 1. The summed E-state index contributed by atoms with van der Waals surface area (Å²) in [5, 5.41) is 6.40. The molecule has 1 aromatic carbocycles. The number of hydrogen-bond donors (Lipinski definition) is 2. The van der Waals surface area contributed by atoms with Crippen molar-refractivity contribution in [2.24, 2.45) is 11.8 Å². The van der Waals surface area contributed by atoms with E-state index in [0.717, 1.165) is 13.0 Å². The van der Waals surface area contributed by atoms with Crippen LogP contribution in [0.3, 0.4) is 0 Å². The highest BCUT2D eigenvalue weighted by molar-refractivity contribution is 5.96. The average Bonchev–Trinajstić information content (AvgIpc) is 3.22. The Morgan fingerprint density at radius 2 is 1.82 bits per heavy atom. The average molecular weight is 389 g/mol. The molecule has 2 aliphatic rings. The molecule has 3 rings (SSSR count). The maximum Gasteiger partial charge on any atom is 0.338 e. The van der Waals surface area contributed by atoms with Crippen molar-refractivity contribution in [2.75, 3.05) is 32.2 Å². The standard InChI is InChI=1S/C22H32N2O4/c1-27-14-5-15-28-22(26)17-8-10-18(11-9-17)24-21(25)20-19(12-13-23-20)16-6-3-2-4-7-16/h8-11,16,19-20,23H,2-7,12-15H2,1H3,(H,24,25)/t19-,20?/m0/s1. The van der Waals surface area contributed by atoms with Crippen molar-refractivity contribution in [1.82, 2.24) is 5.32 Å². The van der Waals surface area contributed by atoms with E-state index < -0.39 is 0 Å². The first kappa shape index (κ1) is 20.8. The fourth-order valence-corrected chi connectivity index (χ4v) is 4.44. The lowest BCUT2D eigenvalue weighted by Crippen LogP contribution is -2.42. The topological polar surface area (TPSA) is 76.7 Å². The molecule has 154 valence electrons. The number of anilines is 1. The first-order valence-electron chi connectivity index (χ1n) is 10.5. The summed E-state index contributed by atoms with van der Waals surface area (Å²) >= 11 is 0. The summed E-state index contributed by atoms with van der Waals surface area (Å²) in [6, 6.07) is 6.78. The van der Waals surface area contributed by atoms with E-state index in [1.54, 1.807) is 31.4 Å². The van der Waals surface area contributed by atoms with Gasteiger partial charge in [-0.1, -0.05) is 32.1 Å². The van der Waals surface area contributed by atoms with Crippen LogP contribution < -0.4 is 10.6 Å². The third-order valence-corrected chi connectivity index (χ3v) is 5.92. The highest BCUT2D eigenvalue weighted by atomic mass is 16.5. The molecule has 2 atom stereocenters. The van der Waals surface area contributed by atoms with Gasteiger partial charge < -0.3 is 20.1 Å². The van der Waals surface area contributed by atoms with Crippen LogP contribution in [0.15, 0.2) is 24.3 Å². The molecule has 28 heavy (non-hydrogen) atoms. The lowest BCUT2D eigenvalue weighted by atomic mass is 9.76. The number of methoxy groups -OCH3 is 1. The number of ether oxygens (including phenoxy) is 2. The van der Waals surface area contributed by atoms with E-state index in [0.29, 0.717) is 42.7 Å². The summed E-state index contributed by atoms with van der Waals surface area (Å²) in [4.78, 5) is 24.8. The van der Waals surface area contributed by atoms with Crippen LogP contribution in [-0.2, 0) is 14.3 Å². The highest BCUT2D eigenvalue weighted by Crippen LogP contribution is 2.36. The normalized spacial score (nSPS) is 22.8. The Morgan fingerprint density at radius 1 is 1.07 bits per heavy atom. The van der Waals surface area contributed by atoms with E-state index in [4.69, 9.17) is 9.47 Å². The number of esters is 1. The predicted octanol–water partition coefficient (Wildman–Crippen LogP) is 3.38. The molecule has 0 radical (unpaired) electrons. The van der Waals surface area contributed by atoms with E-state index in [9.17, 15) is 9.59 Å². The highest BCUT2D eigenvalue weighted by Gasteiger charge is 2.38. The van der Waals surface area contributed by atoms with Crippen LogP contribution in [-0.4, -0.2) is 44.8 Å². The van der Waals surface area contributed by atoms with Crippen LogP contribution in [0.2, 0.25) is 0 Å². The minimum absolute atomic E-state index is 0.0305. The molecule has 1 saturated carbocycles. The monoisotopic (exact) mass is 388 g/mol. The van der Waals surface area contributed by atoms with Gasteiger partial charge in [0.15, 0.2) is 0 Å². The van der Waals surface area contributed by atoms with Gasteiger partial charge in [0.2, 0.25) is 5.91 Å². The smallest absolute Gasteiger partial charge is 0.338 e. The van der Waals surface area contributed by atoms with Crippen LogP contribution >= 0.6 is 0 Å². The summed E-state index contributed by atoms with van der Waals surface area (Å²) in [6.45, 7) is 1.81. The first-order chi connectivity index (χ1) is 13.7. The molecule has 6 heteroatoms. The van der Waals surface area contributed by atoms with E-state index in [-0.39, 0.29) is 17.9 Å². The number of rotatable bonds is 8. The van der Waals surface area contributed by atoms with Gasteiger partial charge in [-0.25, -0.2) is 4.79 Å². The third-order valence-electron chi connectivity index (χ3n) is 5.92. The molecule has 1 amide bonds. The Kier molecular flexibility index (Phi) is 7.86. The van der Waals surface area contributed by atoms with E-state index in [2.05, 4.69) is 10.6 Å². The lowest BCUT2D eigenvalue weighted by Gasteiger charge is -2.30. The molecule has 0 aromatic heterocycles. The number of carbonyl (C=O) groups is 2. The second kappa shape index (κ2) is 10.6. The molecule has 2 fully saturated rings. The van der Waals surface area contributed by atoms with E-state index in [1.807, 2.05) is 0 Å². The van der Waals surface area contributed by atoms with Crippen molar-refractivity contribution >= 4 is 17.6 Å². The van der Waals surface area contributed by atoms with Gasteiger partial charge in [-0.05, 0) is 49.1 Å². The lowest BCUT2D eigenvalue weighted by molar-refractivity contribution is -0.119. The van der Waals surface area contributed by atoms with Crippen molar-refractivity contribution in [3.8, 4) is 0 Å². The van der Waals surface area contributed by atoms with Gasteiger partial charge in [0.25, 0.3) is 0 Å². The summed E-state index contributed by atoms with van der Waals surface area (Å²) in [5.74, 6) is 0.767. The predicted molar refractivity (Wildman–Crippen MR) is 108 cm³/mol. The zero-order valence-electron chi connectivity index (χ0n) is 16.7. The fraction of sp³-hybridized carbons (Fsp3) is 0.636. The summed E-state index contributed by atoms with van der Waals surface area (Å²) in [6.07, 6.45) is 8.16. The number of carbonyl (C=O) groups excluding carboxylic acids is 2.